The monoisotopic (exact) mass is 277 g/mol. The Hall–Kier alpha value is -1.39. The minimum atomic E-state index is -3.40. The highest BCUT2D eigenvalue weighted by molar-refractivity contribution is 7.89. The maximum absolute atomic E-state index is 12.5. The third-order valence-corrected chi connectivity index (χ3v) is 5.24. The lowest BCUT2D eigenvalue weighted by Gasteiger charge is -2.17. The van der Waals surface area contributed by atoms with Crippen LogP contribution < -0.4 is 0 Å². The highest BCUT2D eigenvalue weighted by Crippen LogP contribution is 2.27. The van der Waals surface area contributed by atoms with Crippen LogP contribution in [-0.4, -0.2) is 25.8 Å². The molecule has 0 amide bonds. The summed E-state index contributed by atoms with van der Waals surface area (Å²) in [7, 11) is -3.40. The van der Waals surface area contributed by atoms with Gasteiger partial charge in [-0.1, -0.05) is 35.4 Å². The van der Waals surface area contributed by atoms with Crippen LogP contribution in [0.4, 0.5) is 0 Å². The van der Waals surface area contributed by atoms with E-state index in [1.165, 1.54) is 4.31 Å². The molecule has 1 aliphatic rings. The summed E-state index contributed by atoms with van der Waals surface area (Å²) in [6.07, 6.45) is 0. The minimum absolute atomic E-state index is 0.355. The Labute approximate surface area is 115 Å². The van der Waals surface area contributed by atoms with Gasteiger partial charge in [-0.15, -0.1) is 0 Å². The van der Waals surface area contributed by atoms with Gasteiger partial charge in [-0.05, 0) is 38.5 Å². The second kappa shape index (κ2) is 4.94. The molecule has 1 aromatic rings. The molecule has 0 radical (unpaired) electrons. The highest BCUT2D eigenvalue weighted by Gasteiger charge is 2.30. The van der Waals surface area contributed by atoms with E-state index < -0.39 is 10.0 Å². The third kappa shape index (κ3) is 2.65. The van der Waals surface area contributed by atoms with Crippen LogP contribution in [-0.2, 0) is 10.0 Å². The second-order valence-corrected chi connectivity index (χ2v) is 7.06. The van der Waals surface area contributed by atoms with E-state index in [1.54, 1.807) is 12.1 Å². The zero-order chi connectivity index (χ0) is 14.2. The molecule has 19 heavy (non-hydrogen) atoms. The Morgan fingerprint density at radius 3 is 2.21 bits per heavy atom. The first-order valence-electron chi connectivity index (χ1n) is 6.23. The first kappa shape index (κ1) is 14.0. The van der Waals surface area contributed by atoms with Gasteiger partial charge < -0.3 is 0 Å². The zero-order valence-corrected chi connectivity index (χ0v) is 12.4. The number of hydrogen-bond acceptors (Lipinski definition) is 2. The Kier molecular flexibility index (Phi) is 3.65. The van der Waals surface area contributed by atoms with Gasteiger partial charge in [-0.25, -0.2) is 8.42 Å². The molecule has 0 N–H and O–H groups in total. The number of sulfonamides is 1. The molecule has 2 rings (SSSR count). The normalized spacial score (nSPS) is 17.0. The van der Waals surface area contributed by atoms with E-state index in [2.05, 4.69) is 6.58 Å². The van der Waals surface area contributed by atoms with Crippen LogP contribution in [0, 0.1) is 6.92 Å². The van der Waals surface area contributed by atoms with E-state index in [4.69, 9.17) is 0 Å². The third-order valence-electron chi connectivity index (χ3n) is 3.44. The van der Waals surface area contributed by atoms with Crippen LogP contribution in [0.5, 0.6) is 0 Å². The summed E-state index contributed by atoms with van der Waals surface area (Å²) < 4.78 is 26.6. The van der Waals surface area contributed by atoms with Gasteiger partial charge in [0.1, 0.15) is 0 Å². The van der Waals surface area contributed by atoms with Crippen LogP contribution >= 0.6 is 0 Å². The van der Waals surface area contributed by atoms with Crippen molar-refractivity contribution >= 4 is 10.0 Å². The summed E-state index contributed by atoms with van der Waals surface area (Å²) in [6.45, 7) is 10.6. The van der Waals surface area contributed by atoms with Crippen molar-refractivity contribution in [3.05, 3.63) is 53.1 Å². The maximum atomic E-state index is 12.5. The largest absolute Gasteiger partial charge is 0.243 e. The number of rotatable bonds is 3. The van der Waals surface area contributed by atoms with Crippen molar-refractivity contribution in [3.63, 3.8) is 0 Å². The van der Waals surface area contributed by atoms with Gasteiger partial charge in [-0.3, -0.25) is 0 Å². The molecule has 4 heteroatoms. The fourth-order valence-corrected chi connectivity index (χ4v) is 3.70. The van der Waals surface area contributed by atoms with Gasteiger partial charge in [0, 0.05) is 13.1 Å². The predicted octanol–water partition coefficient (Wildman–Crippen LogP) is 2.89. The lowest BCUT2D eigenvalue weighted by molar-refractivity contribution is 0.482. The second-order valence-electron chi connectivity index (χ2n) is 5.13. The van der Waals surface area contributed by atoms with Crippen LogP contribution in [0.1, 0.15) is 19.4 Å². The van der Waals surface area contributed by atoms with E-state index in [9.17, 15) is 8.42 Å². The molecule has 0 unspecified atom stereocenters. The fourth-order valence-electron chi connectivity index (χ4n) is 2.26. The summed E-state index contributed by atoms with van der Waals surface area (Å²) in [4.78, 5) is 0.355. The van der Waals surface area contributed by atoms with E-state index in [0.717, 1.165) is 22.3 Å². The van der Waals surface area contributed by atoms with Gasteiger partial charge in [0.25, 0.3) is 0 Å². The Morgan fingerprint density at radius 2 is 1.74 bits per heavy atom. The van der Waals surface area contributed by atoms with Gasteiger partial charge in [0.15, 0.2) is 0 Å². The van der Waals surface area contributed by atoms with Crippen LogP contribution in [0.2, 0.25) is 0 Å². The van der Waals surface area contributed by atoms with Crippen molar-refractivity contribution in [2.45, 2.75) is 25.7 Å². The number of benzene rings is 1. The molecule has 0 spiro atoms. The van der Waals surface area contributed by atoms with Crippen LogP contribution in [0.25, 0.3) is 0 Å². The Bertz CT molecular complexity index is 639. The van der Waals surface area contributed by atoms with Crippen molar-refractivity contribution in [2.24, 2.45) is 0 Å². The van der Waals surface area contributed by atoms with Crippen molar-refractivity contribution in [2.75, 3.05) is 13.1 Å². The van der Waals surface area contributed by atoms with Gasteiger partial charge in [-0.2, -0.15) is 4.31 Å². The lowest BCUT2D eigenvalue weighted by Crippen LogP contribution is -2.29. The van der Waals surface area contributed by atoms with E-state index in [0.29, 0.717) is 18.0 Å². The molecule has 0 aromatic heterocycles. The topological polar surface area (TPSA) is 37.4 Å². The Morgan fingerprint density at radius 1 is 1.16 bits per heavy atom. The lowest BCUT2D eigenvalue weighted by atomic mass is 10.1. The SMILES string of the molecule is C=C(C)C1=C(C)CN(S(=O)(=O)c2ccc(C)cc2)C1. The van der Waals surface area contributed by atoms with Crippen molar-refractivity contribution in [3.8, 4) is 0 Å². The van der Waals surface area contributed by atoms with E-state index in [1.807, 2.05) is 32.9 Å². The summed E-state index contributed by atoms with van der Waals surface area (Å²) in [5, 5.41) is 0. The molecular formula is C15H19NO2S. The summed E-state index contributed by atoms with van der Waals surface area (Å²) >= 11 is 0. The molecule has 0 saturated carbocycles. The van der Waals surface area contributed by atoms with Crippen LogP contribution in [0.15, 0.2) is 52.5 Å². The predicted molar refractivity (Wildman–Crippen MR) is 77.5 cm³/mol. The van der Waals surface area contributed by atoms with Crippen molar-refractivity contribution in [1.82, 2.24) is 4.31 Å². The van der Waals surface area contributed by atoms with Crippen molar-refractivity contribution in [1.29, 1.82) is 0 Å². The first-order chi connectivity index (χ1) is 8.82. The summed E-state index contributed by atoms with van der Waals surface area (Å²) in [6, 6.07) is 6.98. The minimum Gasteiger partial charge on any atom is -0.207 e. The summed E-state index contributed by atoms with van der Waals surface area (Å²) in [5.74, 6) is 0. The van der Waals surface area contributed by atoms with E-state index >= 15 is 0 Å². The summed E-state index contributed by atoms with van der Waals surface area (Å²) in [5.41, 5.74) is 4.13. The highest BCUT2D eigenvalue weighted by atomic mass is 32.2. The number of nitrogens with zero attached hydrogens (tertiary/aromatic N) is 1. The first-order valence-corrected chi connectivity index (χ1v) is 7.67. The Balaban J connectivity index is 2.29. The molecule has 0 aliphatic carbocycles. The molecule has 0 saturated heterocycles. The van der Waals surface area contributed by atoms with Gasteiger partial charge in [0.2, 0.25) is 10.0 Å². The quantitative estimate of drug-likeness (QED) is 0.852. The molecule has 102 valence electrons. The number of aryl methyl sites for hydroxylation is 1. The molecule has 1 aliphatic heterocycles. The maximum Gasteiger partial charge on any atom is 0.243 e. The molecule has 1 heterocycles. The average molecular weight is 277 g/mol. The zero-order valence-electron chi connectivity index (χ0n) is 11.6. The molecule has 3 nitrogen and oxygen atoms in total. The average Bonchev–Trinajstić information content (AvgIpc) is 2.72. The van der Waals surface area contributed by atoms with Gasteiger partial charge in [0.05, 0.1) is 4.90 Å². The molecule has 0 bridgehead atoms. The van der Waals surface area contributed by atoms with E-state index in [-0.39, 0.29) is 0 Å². The smallest absolute Gasteiger partial charge is 0.207 e. The standard InChI is InChI=1S/C15H19NO2S/c1-11(2)15-10-16(9-13(15)4)19(17,18)14-7-5-12(3)6-8-14/h5-8H,1,9-10H2,2-4H3. The fraction of sp³-hybridized carbons (Fsp3) is 0.333. The molecular weight excluding hydrogens is 258 g/mol. The molecule has 0 atom stereocenters. The van der Waals surface area contributed by atoms with Crippen LogP contribution in [0.3, 0.4) is 0 Å². The number of hydrogen-bond donors (Lipinski definition) is 0. The van der Waals surface area contributed by atoms with Gasteiger partial charge >= 0.3 is 0 Å². The molecule has 1 aromatic carbocycles. The van der Waals surface area contributed by atoms with Crippen molar-refractivity contribution < 1.29 is 8.42 Å². The molecule has 0 fully saturated rings.